The lowest BCUT2D eigenvalue weighted by atomic mass is 10.1. The van der Waals surface area contributed by atoms with Crippen molar-refractivity contribution >= 4 is 84.6 Å². The maximum absolute atomic E-state index is 11.5. The highest BCUT2D eigenvalue weighted by Crippen LogP contribution is 2.34. The van der Waals surface area contributed by atoms with Gasteiger partial charge in [-0.2, -0.15) is 0 Å². The summed E-state index contributed by atoms with van der Waals surface area (Å²) in [4.78, 5) is 54.3. The van der Waals surface area contributed by atoms with Crippen LogP contribution in [0.4, 0.5) is 11.5 Å². The van der Waals surface area contributed by atoms with Crippen molar-refractivity contribution in [2.24, 2.45) is 4.99 Å². The van der Waals surface area contributed by atoms with E-state index in [1.165, 1.54) is 35.3 Å². The second-order valence-corrected chi connectivity index (χ2v) is 12.6. The van der Waals surface area contributed by atoms with Gasteiger partial charge in [-0.3, -0.25) is 14.6 Å². The van der Waals surface area contributed by atoms with E-state index in [1.54, 1.807) is 21.0 Å². The number of nitrogens with zero attached hydrogens (tertiary/aromatic N) is 7. The van der Waals surface area contributed by atoms with E-state index in [-0.39, 0.29) is 11.9 Å². The summed E-state index contributed by atoms with van der Waals surface area (Å²) in [7, 11) is 1.64. The van der Waals surface area contributed by atoms with E-state index in [9.17, 15) is 9.59 Å². The van der Waals surface area contributed by atoms with Gasteiger partial charge in [-0.15, -0.1) is 0 Å². The molecule has 246 valence electrons. The van der Waals surface area contributed by atoms with E-state index in [0.717, 1.165) is 48.7 Å². The third-order valence-electron chi connectivity index (χ3n) is 6.79. The van der Waals surface area contributed by atoms with E-state index in [2.05, 4.69) is 35.2 Å². The van der Waals surface area contributed by atoms with Gasteiger partial charge in [0.1, 0.15) is 39.1 Å². The summed E-state index contributed by atoms with van der Waals surface area (Å²) in [5, 5.41) is 5.53. The first-order valence-corrected chi connectivity index (χ1v) is 17.0. The summed E-state index contributed by atoms with van der Waals surface area (Å²) in [6.07, 6.45) is 8.40. The van der Waals surface area contributed by atoms with Crippen LogP contribution in [0, 0.1) is 0 Å². The minimum atomic E-state index is -0.178. The SMILES string of the molecule is CCOC(=O)CCCc1nc2c(Cl)ncnc2s1.CCOC(=O)CCCc1nc2c(Nc3cc4c(cc3OC)CN=C4)ncnc2s1. The van der Waals surface area contributed by atoms with Crippen molar-refractivity contribution in [1.82, 2.24) is 29.9 Å². The van der Waals surface area contributed by atoms with Gasteiger partial charge in [0.2, 0.25) is 0 Å². The number of aliphatic imine (C=N–C) groups is 1. The molecule has 0 radical (unpaired) electrons. The standard InChI is InChI=1S/C20H21N5O3S.C11H12ClN3O2S/c1-3-28-17(26)6-4-5-16-25-18-19(22-11-23-20(18)29-16)24-14-7-12-9-21-10-13(12)8-15(14)27-2;1-2-17-8(16)5-3-4-7-15-9-10(12)13-6-14-11(9)18-7/h7-9,11H,3-6,10H2,1-2H3,(H,22,23,24);6H,2-5H2,1H3. The van der Waals surface area contributed by atoms with Gasteiger partial charge < -0.3 is 19.5 Å². The Morgan fingerprint density at radius 1 is 0.872 bits per heavy atom. The minimum absolute atomic E-state index is 0.170. The van der Waals surface area contributed by atoms with Gasteiger partial charge in [0.25, 0.3) is 0 Å². The van der Waals surface area contributed by atoms with Gasteiger partial charge in [-0.05, 0) is 62.8 Å². The molecule has 0 saturated heterocycles. The van der Waals surface area contributed by atoms with Crippen LogP contribution in [0.1, 0.15) is 60.7 Å². The van der Waals surface area contributed by atoms with Crippen molar-refractivity contribution in [1.29, 1.82) is 0 Å². The van der Waals surface area contributed by atoms with Crippen molar-refractivity contribution in [3.63, 3.8) is 0 Å². The molecular formula is C31H33ClN8O5S2. The normalized spacial score (nSPS) is 11.7. The van der Waals surface area contributed by atoms with E-state index < -0.39 is 0 Å². The van der Waals surface area contributed by atoms with Crippen molar-refractivity contribution < 1.29 is 23.8 Å². The number of carbonyl (C=O) groups excluding carboxylic acids is 2. The van der Waals surface area contributed by atoms with Crippen LogP contribution >= 0.6 is 34.3 Å². The molecule has 0 unspecified atom stereocenters. The first kappa shape index (κ1) is 34.0. The molecule has 0 fully saturated rings. The molecule has 0 spiro atoms. The summed E-state index contributed by atoms with van der Waals surface area (Å²) in [5.74, 6) is 1.00. The number of fused-ring (bicyclic) bond motifs is 3. The topological polar surface area (TPSA) is 164 Å². The molecule has 1 aliphatic rings. The first-order chi connectivity index (χ1) is 22.9. The Kier molecular flexibility index (Phi) is 11.9. The highest BCUT2D eigenvalue weighted by Gasteiger charge is 2.16. The zero-order valence-electron chi connectivity index (χ0n) is 26.1. The number of methoxy groups -OCH3 is 1. The maximum Gasteiger partial charge on any atom is 0.305 e. The summed E-state index contributed by atoms with van der Waals surface area (Å²) >= 11 is 8.90. The molecular weight excluding hydrogens is 664 g/mol. The van der Waals surface area contributed by atoms with Crippen LogP contribution in [-0.4, -0.2) is 68.4 Å². The minimum Gasteiger partial charge on any atom is -0.495 e. The van der Waals surface area contributed by atoms with Crippen molar-refractivity contribution in [3.05, 3.63) is 51.1 Å². The van der Waals surface area contributed by atoms with Crippen molar-refractivity contribution in [3.8, 4) is 5.75 Å². The number of halogens is 1. The van der Waals surface area contributed by atoms with Crippen LogP contribution in [0.5, 0.6) is 5.75 Å². The third-order valence-corrected chi connectivity index (χ3v) is 9.12. The number of aromatic nitrogens is 6. The quantitative estimate of drug-likeness (QED) is 0.108. The smallest absolute Gasteiger partial charge is 0.305 e. The van der Waals surface area contributed by atoms with Gasteiger partial charge in [0.05, 0.1) is 42.6 Å². The van der Waals surface area contributed by atoms with E-state index in [1.807, 2.05) is 18.3 Å². The van der Waals surface area contributed by atoms with Gasteiger partial charge in [0, 0.05) is 19.1 Å². The number of ether oxygens (including phenoxy) is 3. The van der Waals surface area contributed by atoms with Crippen LogP contribution in [0.15, 0.2) is 29.8 Å². The van der Waals surface area contributed by atoms with Crippen LogP contribution in [0.3, 0.4) is 0 Å². The molecule has 0 aliphatic carbocycles. The molecule has 0 bridgehead atoms. The van der Waals surface area contributed by atoms with Crippen LogP contribution < -0.4 is 10.1 Å². The molecule has 0 saturated carbocycles. The monoisotopic (exact) mass is 696 g/mol. The zero-order valence-corrected chi connectivity index (χ0v) is 28.5. The largest absolute Gasteiger partial charge is 0.495 e. The predicted molar refractivity (Wildman–Crippen MR) is 182 cm³/mol. The number of hydrogen-bond acceptors (Lipinski definition) is 15. The Bertz CT molecular complexity index is 1900. The fourth-order valence-corrected chi connectivity index (χ4v) is 6.76. The molecule has 5 aromatic rings. The summed E-state index contributed by atoms with van der Waals surface area (Å²) in [5.41, 5.74) is 4.35. The predicted octanol–water partition coefficient (Wildman–Crippen LogP) is 6.28. The number of thiazole rings is 2. The van der Waals surface area contributed by atoms with Crippen molar-refractivity contribution in [2.45, 2.75) is 58.9 Å². The average molecular weight is 697 g/mol. The summed E-state index contributed by atoms with van der Waals surface area (Å²) in [6.45, 7) is 5.10. The first-order valence-electron chi connectivity index (χ1n) is 15.0. The molecule has 5 heterocycles. The second-order valence-electron chi connectivity index (χ2n) is 10.1. The maximum atomic E-state index is 11.5. The number of carbonyl (C=O) groups is 2. The molecule has 1 N–H and O–H groups in total. The van der Waals surface area contributed by atoms with Crippen LogP contribution in [0.25, 0.3) is 20.7 Å². The van der Waals surface area contributed by atoms with Gasteiger partial charge in [-0.1, -0.05) is 34.3 Å². The lowest BCUT2D eigenvalue weighted by Gasteiger charge is -2.12. The van der Waals surface area contributed by atoms with Crippen molar-refractivity contribution in [2.75, 3.05) is 25.6 Å². The molecule has 1 aromatic carbocycles. The molecule has 1 aliphatic heterocycles. The number of anilines is 2. The fourth-order valence-electron chi connectivity index (χ4n) is 4.64. The Morgan fingerprint density at radius 2 is 1.49 bits per heavy atom. The summed E-state index contributed by atoms with van der Waals surface area (Å²) in [6, 6.07) is 4.00. The number of nitrogens with one attached hydrogen (secondary N) is 1. The second kappa shape index (κ2) is 16.5. The number of hydrogen-bond donors (Lipinski definition) is 1. The Morgan fingerprint density at radius 3 is 2.11 bits per heavy atom. The Hall–Kier alpha value is -4.34. The molecule has 4 aromatic heterocycles. The van der Waals surface area contributed by atoms with Crippen LogP contribution in [0.2, 0.25) is 5.15 Å². The summed E-state index contributed by atoms with van der Waals surface area (Å²) < 4.78 is 15.4. The molecule has 6 rings (SSSR count). The van der Waals surface area contributed by atoms with E-state index in [4.69, 9.17) is 30.8 Å². The van der Waals surface area contributed by atoms with E-state index >= 15 is 0 Å². The lowest BCUT2D eigenvalue weighted by molar-refractivity contribution is -0.144. The van der Waals surface area contributed by atoms with Gasteiger partial charge >= 0.3 is 11.9 Å². The Balaban J connectivity index is 0.000000207. The molecule has 0 atom stereocenters. The average Bonchev–Trinajstić information content (AvgIpc) is 3.80. The van der Waals surface area contributed by atoms with Gasteiger partial charge in [0.15, 0.2) is 11.0 Å². The molecule has 13 nitrogen and oxygen atoms in total. The van der Waals surface area contributed by atoms with Gasteiger partial charge in [-0.25, -0.2) is 29.9 Å². The molecule has 0 amide bonds. The zero-order chi connectivity index (χ0) is 33.2. The lowest BCUT2D eigenvalue weighted by Crippen LogP contribution is -2.03. The fraction of sp³-hybridized carbons (Fsp3) is 0.387. The highest BCUT2D eigenvalue weighted by molar-refractivity contribution is 7.18. The third kappa shape index (κ3) is 8.93. The number of aryl methyl sites for hydroxylation is 2. The van der Waals surface area contributed by atoms with Crippen LogP contribution in [-0.2, 0) is 38.4 Å². The highest BCUT2D eigenvalue weighted by atomic mass is 35.5. The number of benzene rings is 1. The number of esters is 2. The molecule has 16 heteroatoms. The Labute approximate surface area is 283 Å². The number of rotatable bonds is 13. The molecule has 47 heavy (non-hydrogen) atoms. The van der Waals surface area contributed by atoms with E-state index in [0.29, 0.717) is 73.9 Å².